The molecule has 4 N–H and O–H groups in total. The van der Waals surface area contributed by atoms with E-state index in [1.165, 1.54) is 6.33 Å². The van der Waals surface area contributed by atoms with Crippen molar-refractivity contribution in [2.75, 3.05) is 6.54 Å². The first-order chi connectivity index (χ1) is 5.83. The first kappa shape index (κ1) is 8.47. The minimum absolute atomic E-state index is 0.408. The molecular weight excluding hydrogens is 162 g/mol. The Labute approximate surface area is 68.3 Å². The zero-order valence-corrected chi connectivity index (χ0v) is 6.28. The molecule has 0 unspecified atom stereocenters. The lowest BCUT2D eigenvalue weighted by Crippen LogP contribution is -2.40. The molecule has 7 nitrogen and oxygen atoms in total. The number of hydrogen-bond acceptors (Lipinski definition) is 5. The summed E-state index contributed by atoms with van der Waals surface area (Å²) >= 11 is 0. The quantitative estimate of drug-likeness (QED) is 0.300. The molecule has 0 aromatic carbocycles. The molecule has 0 saturated heterocycles. The number of nitrogens with two attached hydrogens (primary N) is 1. The molecule has 1 aromatic heterocycles. The Morgan fingerprint density at radius 3 is 3.17 bits per heavy atom. The lowest BCUT2D eigenvalue weighted by atomic mass is 10.4. The zero-order valence-electron chi connectivity index (χ0n) is 6.28. The molecule has 0 saturated carbocycles. The average molecular weight is 171 g/mol. The highest BCUT2D eigenvalue weighted by atomic mass is 16.5. The van der Waals surface area contributed by atoms with Crippen molar-refractivity contribution in [3.05, 3.63) is 12.2 Å². The number of carbonyl (C=O) groups is 1. The standard InChI is InChI=1S/C5H9N5O2/c6-10-5(11)7-2-1-4-8-3-9-12-4/h3H,1-2,6H2,(H2,7,10,11). The van der Waals surface area contributed by atoms with Crippen LogP contribution in [0.2, 0.25) is 0 Å². The summed E-state index contributed by atoms with van der Waals surface area (Å²) in [5, 5.41) is 5.87. The summed E-state index contributed by atoms with van der Waals surface area (Å²) in [7, 11) is 0. The lowest BCUT2D eigenvalue weighted by molar-refractivity contribution is 0.241. The Hall–Kier alpha value is -1.63. The summed E-state index contributed by atoms with van der Waals surface area (Å²) in [6.45, 7) is 0.408. The van der Waals surface area contributed by atoms with E-state index in [1.807, 2.05) is 5.43 Å². The van der Waals surface area contributed by atoms with Crippen molar-refractivity contribution >= 4 is 6.03 Å². The number of nitrogens with one attached hydrogen (secondary N) is 2. The molecule has 0 radical (unpaired) electrons. The van der Waals surface area contributed by atoms with Crippen LogP contribution in [0.1, 0.15) is 5.89 Å². The Bertz CT molecular complexity index is 234. The van der Waals surface area contributed by atoms with Gasteiger partial charge in [0, 0.05) is 13.0 Å². The highest BCUT2D eigenvalue weighted by molar-refractivity contribution is 5.72. The van der Waals surface area contributed by atoms with Crippen molar-refractivity contribution < 1.29 is 9.32 Å². The smallest absolute Gasteiger partial charge is 0.328 e. The van der Waals surface area contributed by atoms with Crippen LogP contribution in [0.15, 0.2) is 10.9 Å². The summed E-state index contributed by atoms with van der Waals surface area (Å²) in [4.78, 5) is 14.3. The molecule has 0 spiro atoms. The summed E-state index contributed by atoms with van der Waals surface area (Å²) in [6.07, 6.45) is 1.80. The monoisotopic (exact) mass is 171 g/mol. The van der Waals surface area contributed by atoms with E-state index < -0.39 is 6.03 Å². The topological polar surface area (TPSA) is 106 Å². The molecule has 0 atom stereocenters. The third kappa shape index (κ3) is 2.54. The van der Waals surface area contributed by atoms with Gasteiger partial charge in [0.25, 0.3) is 0 Å². The minimum atomic E-state index is -0.436. The van der Waals surface area contributed by atoms with Gasteiger partial charge >= 0.3 is 6.03 Å². The highest BCUT2D eigenvalue weighted by Gasteiger charge is 1.99. The molecule has 2 amide bonds. The van der Waals surface area contributed by atoms with Gasteiger partial charge in [-0.3, -0.25) is 5.43 Å². The molecule has 0 aliphatic carbocycles. The van der Waals surface area contributed by atoms with Crippen LogP contribution in [0.5, 0.6) is 0 Å². The Morgan fingerprint density at radius 2 is 2.58 bits per heavy atom. The predicted octanol–water partition coefficient (Wildman–Crippen LogP) is -1.22. The van der Waals surface area contributed by atoms with Crippen molar-refractivity contribution in [2.24, 2.45) is 5.84 Å². The summed E-state index contributed by atoms with van der Waals surface area (Å²) in [5.74, 6) is 5.30. The second kappa shape index (κ2) is 4.29. The maximum Gasteiger partial charge on any atom is 0.328 e. The third-order valence-corrected chi connectivity index (χ3v) is 1.16. The van der Waals surface area contributed by atoms with E-state index in [4.69, 9.17) is 5.84 Å². The van der Waals surface area contributed by atoms with Gasteiger partial charge < -0.3 is 9.84 Å². The van der Waals surface area contributed by atoms with Crippen LogP contribution < -0.4 is 16.6 Å². The number of urea groups is 1. The van der Waals surface area contributed by atoms with Crippen molar-refractivity contribution in [3.63, 3.8) is 0 Å². The number of rotatable bonds is 3. The summed E-state index contributed by atoms with van der Waals surface area (Å²) in [5.41, 5.74) is 1.93. The second-order valence-corrected chi connectivity index (χ2v) is 1.99. The van der Waals surface area contributed by atoms with Crippen molar-refractivity contribution in [1.29, 1.82) is 0 Å². The van der Waals surface area contributed by atoms with E-state index in [9.17, 15) is 4.79 Å². The van der Waals surface area contributed by atoms with Gasteiger partial charge in [-0.1, -0.05) is 5.16 Å². The molecule has 12 heavy (non-hydrogen) atoms. The fraction of sp³-hybridized carbons (Fsp3) is 0.400. The average Bonchev–Trinajstić information content (AvgIpc) is 2.57. The molecular formula is C5H9N5O2. The maximum absolute atomic E-state index is 10.5. The van der Waals surface area contributed by atoms with Gasteiger partial charge in [-0.2, -0.15) is 4.98 Å². The summed E-state index contributed by atoms with van der Waals surface area (Å²) in [6, 6.07) is -0.436. The van der Waals surface area contributed by atoms with E-state index in [0.717, 1.165) is 0 Å². The van der Waals surface area contributed by atoms with Gasteiger partial charge in [0.1, 0.15) is 0 Å². The van der Waals surface area contributed by atoms with Gasteiger partial charge in [-0.05, 0) is 0 Å². The van der Waals surface area contributed by atoms with E-state index >= 15 is 0 Å². The van der Waals surface area contributed by atoms with E-state index in [0.29, 0.717) is 18.9 Å². The maximum atomic E-state index is 10.5. The molecule has 1 aromatic rings. The first-order valence-electron chi connectivity index (χ1n) is 3.33. The fourth-order valence-electron chi connectivity index (χ4n) is 0.640. The Morgan fingerprint density at radius 1 is 1.75 bits per heavy atom. The number of amides is 2. The van der Waals surface area contributed by atoms with Crippen LogP contribution in [-0.4, -0.2) is 22.7 Å². The fourth-order valence-corrected chi connectivity index (χ4v) is 0.640. The number of aromatic nitrogens is 2. The van der Waals surface area contributed by atoms with Gasteiger partial charge in [-0.15, -0.1) is 0 Å². The predicted molar refractivity (Wildman–Crippen MR) is 38.7 cm³/mol. The van der Waals surface area contributed by atoms with Gasteiger partial charge in [-0.25, -0.2) is 10.6 Å². The third-order valence-electron chi connectivity index (χ3n) is 1.16. The van der Waals surface area contributed by atoms with Crippen LogP contribution >= 0.6 is 0 Å². The van der Waals surface area contributed by atoms with Crippen molar-refractivity contribution in [1.82, 2.24) is 20.9 Å². The summed E-state index contributed by atoms with van der Waals surface area (Å²) < 4.78 is 4.68. The van der Waals surface area contributed by atoms with Crippen LogP contribution in [-0.2, 0) is 6.42 Å². The number of nitrogens with zero attached hydrogens (tertiary/aromatic N) is 2. The van der Waals surface area contributed by atoms with Crippen LogP contribution in [0.25, 0.3) is 0 Å². The van der Waals surface area contributed by atoms with Gasteiger partial charge in [0.05, 0.1) is 0 Å². The minimum Gasteiger partial charge on any atom is -0.340 e. The number of carbonyl (C=O) groups excluding carboxylic acids is 1. The highest BCUT2D eigenvalue weighted by Crippen LogP contribution is 1.89. The zero-order chi connectivity index (χ0) is 8.81. The van der Waals surface area contributed by atoms with E-state index in [1.54, 1.807) is 0 Å². The van der Waals surface area contributed by atoms with Gasteiger partial charge in [0.15, 0.2) is 6.33 Å². The second-order valence-electron chi connectivity index (χ2n) is 1.99. The van der Waals surface area contributed by atoms with Crippen molar-refractivity contribution in [2.45, 2.75) is 6.42 Å². The normalized spacial score (nSPS) is 9.42. The molecule has 1 rings (SSSR count). The molecule has 7 heteroatoms. The SMILES string of the molecule is NNC(=O)NCCc1ncno1. The van der Waals surface area contributed by atoms with Gasteiger partial charge in [0.2, 0.25) is 5.89 Å². The molecule has 0 aliphatic heterocycles. The molecule has 66 valence electrons. The number of hydrazine groups is 1. The molecule has 0 aliphatic rings. The molecule has 1 heterocycles. The molecule has 0 bridgehead atoms. The van der Waals surface area contributed by atoms with E-state index in [2.05, 4.69) is 20.0 Å². The lowest BCUT2D eigenvalue weighted by Gasteiger charge is -1.99. The van der Waals surface area contributed by atoms with Crippen LogP contribution in [0.4, 0.5) is 4.79 Å². The largest absolute Gasteiger partial charge is 0.340 e. The Balaban J connectivity index is 2.15. The van der Waals surface area contributed by atoms with E-state index in [-0.39, 0.29) is 0 Å². The van der Waals surface area contributed by atoms with Crippen molar-refractivity contribution in [3.8, 4) is 0 Å². The first-order valence-corrected chi connectivity index (χ1v) is 3.33. The van der Waals surface area contributed by atoms with Crippen LogP contribution in [0.3, 0.4) is 0 Å². The Kier molecular flexibility index (Phi) is 3.03. The number of hydrogen-bond donors (Lipinski definition) is 3. The molecule has 0 fully saturated rings. The van der Waals surface area contributed by atoms with Crippen LogP contribution in [0, 0.1) is 0 Å².